The van der Waals surface area contributed by atoms with Gasteiger partial charge in [-0.15, -0.1) is 5.10 Å². The van der Waals surface area contributed by atoms with Crippen LogP contribution in [0.15, 0.2) is 30.7 Å². The van der Waals surface area contributed by atoms with Crippen LogP contribution in [-0.2, 0) is 4.74 Å². The zero-order valence-electron chi connectivity index (χ0n) is 22.5. The van der Waals surface area contributed by atoms with Gasteiger partial charge in [0.25, 0.3) is 0 Å². The molecule has 12 nitrogen and oxygen atoms in total. The topological polar surface area (TPSA) is 152 Å². The molecular formula is C26H32FN9O3. The van der Waals surface area contributed by atoms with E-state index in [2.05, 4.69) is 36.2 Å². The summed E-state index contributed by atoms with van der Waals surface area (Å²) >= 11 is 0. The highest BCUT2D eigenvalue weighted by Crippen LogP contribution is 2.36. The van der Waals surface area contributed by atoms with Crippen molar-refractivity contribution in [1.82, 2.24) is 30.3 Å². The van der Waals surface area contributed by atoms with E-state index in [1.807, 2.05) is 19.9 Å². The van der Waals surface area contributed by atoms with E-state index in [1.54, 1.807) is 33.0 Å². The summed E-state index contributed by atoms with van der Waals surface area (Å²) < 4.78 is 27.5. The van der Waals surface area contributed by atoms with Crippen molar-refractivity contribution >= 4 is 23.4 Å². The fourth-order valence-corrected chi connectivity index (χ4v) is 4.01. The molecule has 0 saturated heterocycles. The third-order valence-corrected chi connectivity index (χ3v) is 5.86. The van der Waals surface area contributed by atoms with Gasteiger partial charge in [-0.2, -0.15) is 5.26 Å². The number of hydrogen-bond donors (Lipinski definition) is 3. The lowest BCUT2D eigenvalue weighted by molar-refractivity contribution is 0.0501. The van der Waals surface area contributed by atoms with Gasteiger partial charge in [-0.3, -0.25) is 0 Å². The number of nitrogens with one attached hydrogen (secondary N) is 3. The summed E-state index contributed by atoms with van der Waals surface area (Å²) in [4.78, 5) is 21.1. The van der Waals surface area contributed by atoms with Crippen molar-refractivity contribution in [2.75, 3.05) is 17.2 Å². The minimum atomic E-state index is -0.680. The Labute approximate surface area is 225 Å². The highest BCUT2D eigenvalue weighted by atomic mass is 19.1. The number of rotatable bonds is 10. The lowest BCUT2D eigenvalue weighted by Crippen LogP contribution is -2.47. The van der Waals surface area contributed by atoms with E-state index >= 15 is 4.39 Å². The largest absolute Gasteiger partial charge is 0.476 e. The predicted molar refractivity (Wildman–Crippen MR) is 141 cm³/mol. The van der Waals surface area contributed by atoms with Crippen molar-refractivity contribution in [1.29, 1.82) is 5.26 Å². The Morgan fingerprint density at radius 3 is 2.69 bits per heavy atom. The van der Waals surface area contributed by atoms with Gasteiger partial charge in [0, 0.05) is 6.04 Å². The number of nitriles is 1. The van der Waals surface area contributed by atoms with Crippen molar-refractivity contribution in [2.45, 2.75) is 65.1 Å². The lowest BCUT2D eigenvalue weighted by atomic mass is 10.0. The Kier molecular flexibility index (Phi) is 8.13. The molecular weight excluding hydrogens is 505 g/mol. The van der Waals surface area contributed by atoms with Crippen LogP contribution in [0.2, 0.25) is 0 Å². The van der Waals surface area contributed by atoms with Crippen LogP contribution < -0.4 is 20.7 Å². The number of pyridine rings is 2. The number of ether oxygens (including phenoxy) is 2. The molecule has 206 valence electrons. The van der Waals surface area contributed by atoms with Crippen molar-refractivity contribution in [2.24, 2.45) is 5.92 Å². The number of nitrogens with zero attached hydrogens (tertiary/aromatic N) is 6. The van der Waals surface area contributed by atoms with Gasteiger partial charge in [-0.25, -0.2) is 23.8 Å². The average molecular weight is 538 g/mol. The second kappa shape index (κ2) is 11.5. The van der Waals surface area contributed by atoms with Crippen LogP contribution in [0.1, 0.15) is 53.0 Å². The molecule has 0 aliphatic heterocycles. The zero-order valence-corrected chi connectivity index (χ0v) is 22.5. The van der Waals surface area contributed by atoms with Gasteiger partial charge in [-0.05, 0) is 65.5 Å². The first-order chi connectivity index (χ1) is 18.6. The summed E-state index contributed by atoms with van der Waals surface area (Å²) in [5.74, 6) is -0.00728. The minimum absolute atomic E-state index is 0.0112. The maximum atomic E-state index is 15.1. The van der Waals surface area contributed by atoms with E-state index in [0.717, 1.165) is 18.9 Å². The summed E-state index contributed by atoms with van der Waals surface area (Å²) in [6, 6.07) is 4.14. The standard InChI is InChI=1S/C26H32FN9O3/c1-6-38-24-20(36-10-9-30-35-36)12-18(14-29-24)32-22-17(13-28)11-19(27)23(34-22)33-21(16-7-8-16)15(2)31-25(37)39-26(3,4)5/h9-12,14-16,21H,6-8H2,1-5H3,(H,31,37)(H2,32,33,34)/t15-,21?/m0/s1. The highest BCUT2D eigenvalue weighted by Gasteiger charge is 2.37. The molecule has 13 heteroatoms. The van der Waals surface area contributed by atoms with Crippen LogP contribution in [0.25, 0.3) is 5.69 Å². The lowest BCUT2D eigenvalue weighted by Gasteiger charge is -2.28. The molecule has 1 amide bonds. The van der Waals surface area contributed by atoms with Crippen molar-refractivity contribution in [3.05, 3.63) is 42.1 Å². The number of carbonyl (C=O) groups excluding carboxylic acids is 1. The van der Waals surface area contributed by atoms with Gasteiger partial charge in [-0.1, -0.05) is 5.21 Å². The number of amides is 1. The van der Waals surface area contributed by atoms with E-state index in [1.165, 1.54) is 17.1 Å². The van der Waals surface area contributed by atoms with Gasteiger partial charge >= 0.3 is 6.09 Å². The van der Waals surface area contributed by atoms with Crippen molar-refractivity contribution in [3.63, 3.8) is 0 Å². The molecule has 4 rings (SSSR count). The molecule has 3 aromatic rings. The fourth-order valence-electron chi connectivity index (χ4n) is 4.01. The first-order valence-electron chi connectivity index (χ1n) is 12.7. The molecule has 2 atom stereocenters. The molecule has 1 aliphatic carbocycles. The van der Waals surface area contributed by atoms with E-state index in [4.69, 9.17) is 9.47 Å². The minimum Gasteiger partial charge on any atom is -0.476 e. The van der Waals surface area contributed by atoms with Gasteiger partial charge in [0.1, 0.15) is 17.4 Å². The molecule has 1 aliphatic rings. The molecule has 0 bridgehead atoms. The quantitative estimate of drug-likeness (QED) is 0.341. The van der Waals surface area contributed by atoms with Crippen LogP contribution in [0.3, 0.4) is 0 Å². The van der Waals surface area contributed by atoms with Crippen molar-refractivity contribution < 1.29 is 18.7 Å². The molecule has 39 heavy (non-hydrogen) atoms. The monoisotopic (exact) mass is 537 g/mol. The summed E-state index contributed by atoms with van der Waals surface area (Å²) in [6.07, 6.45) is 6.01. The number of halogens is 1. The first-order valence-corrected chi connectivity index (χ1v) is 12.7. The SMILES string of the molecule is CCOc1ncc(Nc2nc(NC(C3CC3)[C@H](C)NC(=O)OC(C)(C)C)c(F)cc2C#N)cc1-n1ccnn1. The molecule has 3 aromatic heterocycles. The Morgan fingerprint density at radius 2 is 2.08 bits per heavy atom. The zero-order chi connectivity index (χ0) is 28.2. The van der Waals surface area contributed by atoms with Crippen LogP contribution in [0.4, 0.5) is 26.5 Å². The second-order valence-electron chi connectivity index (χ2n) is 10.2. The smallest absolute Gasteiger partial charge is 0.407 e. The molecule has 0 aromatic carbocycles. The van der Waals surface area contributed by atoms with Gasteiger partial charge in [0.15, 0.2) is 17.5 Å². The maximum Gasteiger partial charge on any atom is 0.407 e. The number of anilines is 3. The summed E-state index contributed by atoms with van der Waals surface area (Å²) in [6.45, 7) is 9.43. The number of carbonyl (C=O) groups is 1. The predicted octanol–water partition coefficient (Wildman–Crippen LogP) is 4.31. The molecule has 3 N–H and O–H groups in total. The fraction of sp³-hybridized carbons (Fsp3) is 0.462. The van der Waals surface area contributed by atoms with Crippen LogP contribution in [0.5, 0.6) is 5.88 Å². The molecule has 1 saturated carbocycles. The third-order valence-electron chi connectivity index (χ3n) is 5.86. The molecule has 0 spiro atoms. The van der Waals surface area contributed by atoms with Crippen LogP contribution in [0, 0.1) is 23.1 Å². The molecule has 0 radical (unpaired) electrons. The molecule has 1 fully saturated rings. The summed E-state index contributed by atoms with van der Waals surface area (Å²) in [5, 5.41) is 26.5. The first kappa shape index (κ1) is 27.6. The third kappa shape index (κ3) is 7.10. The molecule has 3 heterocycles. The number of alkyl carbamates (subject to hydrolysis) is 1. The normalized spacial score (nSPS) is 14.6. The van der Waals surface area contributed by atoms with E-state index in [0.29, 0.717) is 23.9 Å². The Balaban J connectivity index is 1.58. The van der Waals surface area contributed by atoms with E-state index in [-0.39, 0.29) is 35.2 Å². The second-order valence-corrected chi connectivity index (χ2v) is 10.2. The summed E-state index contributed by atoms with van der Waals surface area (Å²) in [5.41, 5.74) is 0.368. The van der Waals surface area contributed by atoms with Crippen LogP contribution in [-0.4, -0.2) is 55.3 Å². The van der Waals surface area contributed by atoms with Gasteiger partial charge in [0.2, 0.25) is 5.88 Å². The Hall–Kier alpha value is -4.47. The maximum absolute atomic E-state index is 15.1. The van der Waals surface area contributed by atoms with Gasteiger partial charge in [0.05, 0.1) is 42.5 Å². The number of aromatic nitrogens is 5. The van der Waals surface area contributed by atoms with E-state index < -0.39 is 17.5 Å². The van der Waals surface area contributed by atoms with Gasteiger partial charge < -0.3 is 25.4 Å². The van der Waals surface area contributed by atoms with Crippen molar-refractivity contribution in [3.8, 4) is 17.6 Å². The van der Waals surface area contributed by atoms with Crippen LogP contribution >= 0.6 is 0 Å². The average Bonchev–Trinajstić information content (AvgIpc) is 3.55. The summed E-state index contributed by atoms with van der Waals surface area (Å²) in [7, 11) is 0. The Bertz CT molecular complexity index is 1350. The highest BCUT2D eigenvalue weighted by molar-refractivity contribution is 5.69. The molecule has 1 unspecified atom stereocenters. The Morgan fingerprint density at radius 1 is 1.31 bits per heavy atom. The number of hydrogen-bond acceptors (Lipinski definition) is 10. The van der Waals surface area contributed by atoms with E-state index in [9.17, 15) is 10.1 Å².